The largest absolute Gasteiger partial charge is 0.469 e. The Morgan fingerprint density at radius 3 is 2.40 bits per heavy atom. The summed E-state index contributed by atoms with van der Waals surface area (Å²) in [5.41, 5.74) is 2.98. The Labute approximate surface area is 175 Å². The molecule has 1 fully saturated rings. The maximum atomic E-state index is 12.4. The molecule has 0 unspecified atom stereocenters. The van der Waals surface area contributed by atoms with Crippen LogP contribution >= 0.6 is 0 Å². The quantitative estimate of drug-likeness (QED) is 0.599. The van der Waals surface area contributed by atoms with Crippen LogP contribution in [0.25, 0.3) is 22.5 Å². The fourth-order valence-electron chi connectivity index (χ4n) is 3.34. The van der Waals surface area contributed by atoms with Gasteiger partial charge in [-0.05, 0) is 13.0 Å². The van der Waals surface area contributed by atoms with E-state index < -0.39 is 10.2 Å². The first-order valence-electron chi connectivity index (χ1n) is 9.48. The smallest absolute Gasteiger partial charge is 0.281 e. The summed E-state index contributed by atoms with van der Waals surface area (Å²) >= 11 is 0. The molecule has 0 bridgehead atoms. The zero-order valence-corrected chi connectivity index (χ0v) is 17.9. The summed E-state index contributed by atoms with van der Waals surface area (Å²) in [6.07, 6.45) is 8.26. The Hall–Kier alpha value is -2.89. The van der Waals surface area contributed by atoms with E-state index in [9.17, 15) is 8.42 Å². The number of furan rings is 1. The van der Waals surface area contributed by atoms with Gasteiger partial charge in [0.1, 0.15) is 5.76 Å². The second kappa shape index (κ2) is 8.09. The van der Waals surface area contributed by atoms with Crippen LogP contribution in [0.3, 0.4) is 0 Å². The topological polar surface area (TPSA) is 109 Å². The molecule has 1 aliphatic heterocycles. The maximum Gasteiger partial charge on any atom is 0.281 e. The van der Waals surface area contributed by atoms with Crippen LogP contribution in [0.15, 0.2) is 41.5 Å². The lowest BCUT2D eigenvalue weighted by Crippen LogP contribution is -2.52. The van der Waals surface area contributed by atoms with Crippen LogP contribution in [0, 0.1) is 6.92 Å². The van der Waals surface area contributed by atoms with E-state index in [0.717, 1.165) is 16.9 Å². The van der Waals surface area contributed by atoms with Crippen LogP contribution in [0.1, 0.15) is 5.76 Å². The van der Waals surface area contributed by atoms with Gasteiger partial charge in [0, 0.05) is 70.0 Å². The third-order valence-electron chi connectivity index (χ3n) is 5.04. The van der Waals surface area contributed by atoms with Gasteiger partial charge in [-0.25, -0.2) is 9.97 Å². The Morgan fingerprint density at radius 2 is 1.80 bits per heavy atom. The highest BCUT2D eigenvalue weighted by Crippen LogP contribution is 2.32. The first-order chi connectivity index (χ1) is 14.4. The number of hydrogen-bond acceptors (Lipinski definition) is 8. The lowest BCUT2D eigenvalue weighted by Gasteiger charge is -2.35. The minimum Gasteiger partial charge on any atom is -0.469 e. The standard InChI is InChI=1S/C19H23N7O3S/c1-14-15(4-11-29-14)18-16(17-13-20-5-6-21-17)12-22-19(23-18)25-7-9-26(10-8-25)30(27,28)24(2)3/h4-6,11-13H,7-10H2,1-3H3. The highest BCUT2D eigenvalue weighted by molar-refractivity contribution is 7.86. The second-order valence-electron chi connectivity index (χ2n) is 7.09. The van der Waals surface area contributed by atoms with Gasteiger partial charge >= 0.3 is 0 Å². The molecule has 0 radical (unpaired) electrons. The van der Waals surface area contributed by atoms with Gasteiger partial charge in [0.25, 0.3) is 10.2 Å². The van der Waals surface area contributed by atoms with Crippen molar-refractivity contribution in [3.05, 3.63) is 42.9 Å². The van der Waals surface area contributed by atoms with E-state index in [-0.39, 0.29) is 0 Å². The Morgan fingerprint density at radius 1 is 1.03 bits per heavy atom. The van der Waals surface area contributed by atoms with E-state index in [0.29, 0.717) is 43.5 Å². The average molecular weight is 430 g/mol. The molecule has 0 N–H and O–H groups in total. The summed E-state index contributed by atoms with van der Waals surface area (Å²) in [7, 11) is -0.351. The molecule has 10 nitrogen and oxygen atoms in total. The molecule has 1 saturated heterocycles. The molecule has 3 aromatic heterocycles. The third kappa shape index (κ3) is 3.78. The van der Waals surface area contributed by atoms with Crippen LogP contribution in [-0.2, 0) is 10.2 Å². The molecule has 4 heterocycles. The highest BCUT2D eigenvalue weighted by atomic mass is 32.2. The Balaban J connectivity index is 1.66. The predicted octanol–water partition coefficient (Wildman–Crippen LogP) is 1.43. The van der Waals surface area contributed by atoms with Crippen molar-refractivity contribution >= 4 is 16.2 Å². The molecule has 3 aromatic rings. The third-order valence-corrected chi connectivity index (χ3v) is 6.98. The Kier molecular flexibility index (Phi) is 5.50. The Bertz CT molecular complexity index is 1120. The fourth-order valence-corrected chi connectivity index (χ4v) is 4.42. The minimum atomic E-state index is -3.43. The van der Waals surface area contributed by atoms with Gasteiger partial charge in [0.15, 0.2) is 0 Å². The predicted molar refractivity (Wildman–Crippen MR) is 112 cm³/mol. The van der Waals surface area contributed by atoms with Crippen molar-refractivity contribution < 1.29 is 12.8 Å². The molecule has 0 atom stereocenters. The van der Waals surface area contributed by atoms with Gasteiger partial charge in [-0.2, -0.15) is 17.0 Å². The summed E-state index contributed by atoms with van der Waals surface area (Å²) < 4.78 is 32.9. The van der Waals surface area contributed by atoms with E-state index in [1.54, 1.807) is 31.1 Å². The van der Waals surface area contributed by atoms with Crippen molar-refractivity contribution in [2.24, 2.45) is 0 Å². The number of aryl methyl sites for hydroxylation is 1. The lowest BCUT2D eigenvalue weighted by atomic mass is 10.1. The average Bonchev–Trinajstić information content (AvgIpc) is 3.19. The molecule has 1 aliphatic rings. The van der Waals surface area contributed by atoms with E-state index in [1.165, 1.54) is 22.7 Å². The van der Waals surface area contributed by atoms with Gasteiger partial charge in [0.2, 0.25) is 5.95 Å². The SMILES string of the molecule is Cc1occc1-c1nc(N2CCN(S(=O)(=O)N(C)C)CC2)ncc1-c1cnccn1. The zero-order chi connectivity index (χ0) is 21.3. The number of nitrogens with zero attached hydrogens (tertiary/aromatic N) is 7. The van der Waals surface area contributed by atoms with Crippen molar-refractivity contribution in [2.75, 3.05) is 45.2 Å². The molecule has 0 aliphatic carbocycles. The number of piperazine rings is 1. The molecular formula is C19H23N7O3S. The molecule has 0 aromatic carbocycles. The van der Waals surface area contributed by atoms with E-state index >= 15 is 0 Å². The number of anilines is 1. The van der Waals surface area contributed by atoms with Crippen LogP contribution in [0.2, 0.25) is 0 Å². The van der Waals surface area contributed by atoms with Gasteiger partial charge in [-0.1, -0.05) is 0 Å². The number of hydrogen-bond donors (Lipinski definition) is 0. The molecule has 0 spiro atoms. The molecule has 0 amide bonds. The van der Waals surface area contributed by atoms with Crippen LogP contribution in [0.4, 0.5) is 5.95 Å². The summed E-state index contributed by atoms with van der Waals surface area (Å²) in [4.78, 5) is 19.9. The fraction of sp³-hybridized carbons (Fsp3) is 0.368. The maximum absolute atomic E-state index is 12.4. The molecular weight excluding hydrogens is 406 g/mol. The van der Waals surface area contributed by atoms with E-state index in [4.69, 9.17) is 9.40 Å². The summed E-state index contributed by atoms with van der Waals surface area (Å²) in [5, 5.41) is 0. The van der Waals surface area contributed by atoms with Crippen molar-refractivity contribution in [1.29, 1.82) is 0 Å². The van der Waals surface area contributed by atoms with Crippen LogP contribution in [-0.4, -0.2) is 77.2 Å². The molecule has 30 heavy (non-hydrogen) atoms. The number of rotatable bonds is 5. The monoisotopic (exact) mass is 429 g/mol. The lowest BCUT2D eigenvalue weighted by molar-refractivity contribution is 0.354. The zero-order valence-electron chi connectivity index (χ0n) is 17.1. The normalized spacial score (nSPS) is 15.7. The van der Waals surface area contributed by atoms with Crippen molar-refractivity contribution in [3.63, 3.8) is 0 Å². The van der Waals surface area contributed by atoms with Gasteiger partial charge in [-0.15, -0.1) is 0 Å². The summed E-state index contributed by atoms with van der Waals surface area (Å²) in [5.74, 6) is 1.28. The second-order valence-corrected chi connectivity index (χ2v) is 9.23. The molecule has 11 heteroatoms. The first-order valence-corrected chi connectivity index (χ1v) is 10.9. The van der Waals surface area contributed by atoms with E-state index in [2.05, 4.69) is 15.0 Å². The van der Waals surface area contributed by atoms with Crippen LogP contribution in [0.5, 0.6) is 0 Å². The van der Waals surface area contributed by atoms with Gasteiger partial charge in [0.05, 0.1) is 23.8 Å². The molecule has 4 rings (SSSR count). The van der Waals surface area contributed by atoms with Gasteiger partial charge < -0.3 is 9.32 Å². The van der Waals surface area contributed by atoms with Crippen molar-refractivity contribution in [1.82, 2.24) is 28.5 Å². The summed E-state index contributed by atoms with van der Waals surface area (Å²) in [6.45, 7) is 3.62. The summed E-state index contributed by atoms with van der Waals surface area (Å²) in [6, 6.07) is 1.86. The highest BCUT2D eigenvalue weighted by Gasteiger charge is 2.30. The molecule has 0 saturated carbocycles. The van der Waals surface area contributed by atoms with Gasteiger partial charge in [-0.3, -0.25) is 9.97 Å². The van der Waals surface area contributed by atoms with Crippen molar-refractivity contribution in [2.45, 2.75) is 6.92 Å². The molecule has 158 valence electrons. The minimum absolute atomic E-state index is 0.371. The van der Waals surface area contributed by atoms with Crippen LogP contribution < -0.4 is 4.90 Å². The number of aromatic nitrogens is 4. The first kappa shape index (κ1) is 20.4. The van der Waals surface area contributed by atoms with E-state index in [1.807, 2.05) is 17.9 Å². The van der Waals surface area contributed by atoms with Crippen molar-refractivity contribution in [3.8, 4) is 22.5 Å².